The van der Waals surface area contributed by atoms with Crippen molar-refractivity contribution < 1.29 is 9.72 Å². The molecule has 0 fully saturated rings. The van der Waals surface area contributed by atoms with Gasteiger partial charge in [0.1, 0.15) is 0 Å². The van der Waals surface area contributed by atoms with E-state index in [-0.39, 0.29) is 16.3 Å². The Morgan fingerprint density at radius 3 is 2.58 bits per heavy atom. The summed E-state index contributed by atoms with van der Waals surface area (Å²) >= 11 is 5.89. The van der Waals surface area contributed by atoms with E-state index in [9.17, 15) is 14.9 Å². The molecule has 124 valence electrons. The van der Waals surface area contributed by atoms with E-state index in [0.29, 0.717) is 0 Å². The third-order valence-electron chi connectivity index (χ3n) is 3.31. The van der Waals surface area contributed by atoms with Crippen LogP contribution in [0.15, 0.2) is 47.6 Å². The molecular formula is C17H16ClN3O3. The Bertz CT molecular complexity index is 773. The lowest BCUT2D eigenvalue weighted by Crippen LogP contribution is -2.18. The molecule has 0 bridgehead atoms. The van der Waals surface area contributed by atoms with Crippen molar-refractivity contribution in [2.75, 3.05) is 0 Å². The van der Waals surface area contributed by atoms with Crippen LogP contribution in [-0.2, 0) is 6.42 Å². The Hall–Kier alpha value is -2.73. The molecule has 24 heavy (non-hydrogen) atoms. The van der Waals surface area contributed by atoms with Crippen LogP contribution in [-0.4, -0.2) is 17.0 Å². The average molecular weight is 346 g/mol. The van der Waals surface area contributed by atoms with Gasteiger partial charge in [0.2, 0.25) is 0 Å². The summed E-state index contributed by atoms with van der Waals surface area (Å²) in [5.41, 5.74) is 4.40. The third-order valence-corrected chi connectivity index (χ3v) is 3.62. The Morgan fingerprint density at radius 2 is 2.00 bits per heavy atom. The maximum atomic E-state index is 12.0. The van der Waals surface area contributed by atoms with Crippen molar-refractivity contribution in [2.24, 2.45) is 5.10 Å². The minimum atomic E-state index is -0.575. The molecule has 0 saturated carbocycles. The molecule has 1 amide bonds. The SMILES string of the molecule is CCCc1ccc(C=NNC(=O)c2ccc([N+](=O)[O-])cc2Cl)cc1. The van der Waals surface area contributed by atoms with E-state index < -0.39 is 10.8 Å². The summed E-state index contributed by atoms with van der Waals surface area (Å²) in [5, 5.41) is 14.5. The van der Waals surface area contributed by atoms with E-state index in [0.717, 1.165) is 24.5 Å². The van der Waals surface area contributed by atoms with Crippen LogP contribution in [0, 0.1) is 10.1 Å². The number of hydrogen-bond donors (Lipinski definition) is 1. The lowest BCUT2D eigenvalue weighted by Gasteiger charge is -2.03. The predicted molar refractivity (Wildman–Crippen MR) is 93.6 cm³/mol. The normalized spacial score (nSPS) is 10.8. The number of nitro benzene ring substituents is 1. The highest BCUT2D eigenvalue weighted by Gasteiger charge is 2.14. The van der Waals surface area contributed by atoms with Gasteiger partial charge in [-0.2, -0.15) is 5.10 Å². The van der Waals surface area contributed by atoms with Gasteiger partial charge in [0.05, 0.1) is 21.7 Å². The number of carbonyl (C=O) groups is 1. The van der Waals surface area contributed by atoms with Gasteiger partial charge in [-0.05, 0) is 23.6 Å². The van der Waals surface area contributed by atoms with Gasteiger partial charge < -0.3 is 0 Å². The number of aryl methyl sites for hydroxylation is 1. The third kappa shape index (κ3) is 4.63. The molecule has 0 aliphatic heterocycles. The molecule has 2 aromatic carbocycles. The molecule has 0 aliphatic rings. The highest BCUT2D eigenvalue weighted by Crippen LogP contribution is 2.22. The number of rotatable bonds is 6. The van der Waals surface area contributed by atoms with Gasteiger partial charge in [-0.3, -0.25) is 14.9 Å². The number of hydrazone groups is 1. The van der Waals surface area contributed by atoms with Gasteiger partial charge >= 0.3 is 0 Å². The molecule has 0 aromatic heterocycles. The van der Waals surface area contributed by atoms with E-state index in [2.05, 4.69) is 17.5 Å². The van der Waals surface area contributed by atoms with E-state index >= 15 is 0 Å². The fourth-order valence-corrected chi connectivity index (χ4v) is 2.35. The van der Waals surface area contributed by atoms with Crippen molar-refractivity contribution in [1.29, 1.82) is 0 Å². The van der Waals surface area contributed by atoms with Crippen molar-refractivity contribution in [2.45, 2.75) is 19.8 Å². The molecule has 0 heterocycles. The second-order valence-corrected chi connectivity index (χ2v) is 5.52. The zero-order valence-electron chi connectivity index (χ0n) is 13.0. The van der Waals surface area contributed by atoms with Gasteiger partial charge in [-0.25, -0.2) is 5.43 Å². The fraction of sp³-hybridized carbons (Fsp3) is 0.176. The smallest absolute Gasteiger partial charge is 0.267 e. The number of non-ortho nitro benzene ring substituents is 1. The van der Waals surface area contributed by atoms with Crippen molar-refractivity contribution in [3.8, 4) is 0 Å². The first-order valence-electron chi connectivity index (χ1n) is 7.37. The minimum absolute atomic E-state index is 0.000758. The molecule has 0 aliphatic carbocycles. The summed E-state index contributed by atoms with van der Waals surface area (Å²) in [6.45, 7) is 2.12. The predicted octanol–water partition coefficient (Wildman–Crippen LogP) is 3.96. The maximum absolute atomic E-state index is 12.0. The standard InChI is InChI=1S/C17H16ClN3O3/c1-2-3-12-4-6-13(7-5-12)11-19-20-17(22)15-9-8-14(21(23)24)10-16(15)18/h4-11H,2-3H2,1H3,(H,20,22). The van der Waals surface area contributed by atoms with Crippen LogP contribution in [0.4, 0.5) is 5.69 Å². The molecule has 0 unspecified atom stereocenters. The highest BCUT2D eigenvalue weighted by molar-refractivity contribution is 6.34. The summed E-state index contributed by atoms with van der Waals surface area (Å²) in [7, 11) is 0. The van der Waals surface area contributed by atoms with Crippen LogP contribution in [0.1, 0.15) is 34.8 Å². The van der Waals surface area contributed by atoms with Crippen molar-refractivity contribution in [3.63, 3.8) is 0 Å². The largest absolute Gasteiger partial charge is 0.272 e. The van der Waals surface area contributed by atoms with Crippen molar-refractivity contribution in [3.05, 3.63) is 74.3 Å². The van der Waals surface area contributed by atoms with Crippen molar-refractivity contribution in [1.82, 2.24) is 5.43 Å². The van der Waals surface area contributed by atoms with Gasteiger partial charge in [0, 0.05) is 12.1 Å². The van der Waals surface area contributed by atoms with Crippen LogP contribution in [0.2, 0.25) is 5.02 Å². The maximum Gasteiger partial charge on any atom is 0.272 e. The molecule has 0 saturated heterocycles. The van der Waals surface area contributed by atoms with Gasteiger partial charge in [-0.15, -0.1) is 0 Å². The van der Waals surface area contributed by atoms with Crippen LogP contribution >= 0.6 is 11.6 Å². The zero-order valence-corrected chi connectivity index (χ0v) is 13.8. The first-order chi connectivity index (χ1) is 11.5. The molecule has 0 spiro atoms. The average Bonchev–Trinajstić information content (AvgIpc) is 2.56. The molecule has 6 nitrogen and oxygen atoms in total. The minimum Gasteiger partial charge on any atom is -0.267 e. The Kier molecular flexibility index (Phi) is 6.03. The van der Waals surface area contributed by atoms with Gasteiger partial charge in [0.15, 0.2) is 0 Å². The molecule has 2 aromatic rings. The van der Waals surface area contributed by atoms with Gasteiger partial charge in [-0.1, -0.05) is 49.2 Å². The zero-order chi connectivity index (χ0) is 17.5. The number of nitrogens with zero attached hydrogens (tertiary/aromatic N) is 2. The topological polar surface area (TPSA) is 84.6 Å². The molecule has 2 rings (SSSR count). The second kappa shape index (κ2) is 8.21. The van der Waals surface area contributed by atoms with E-state index in [1.807, 2.05) is 24.3 Å². The summed E-state index contributed by atoms with van der Waals surface area (Å²) in [6.07, 6.45) is 3.62. The van der Waals surface area contributed by atoms with Crippen LogP contribution < -0.4 is 5.43 Å². The molecule has 1 N–H and O–H groups in total. The lowest BCUT2D eigenvalue weighted by molar-refractivity contribution is -0.384. The number of carbonyl (C=O) groups excluding carboxylic acids is 1. The van der Waals surface area contributed by atoms with Crippen LogP contribution in [0.3, 0.4) is 0 Å². The van der Waals surface area contributed by atoms with Gasteiger partial charge in [0.25, 0.3) is 11.6 Å². The quantitative estimate of drug-likeness (QED) is 0.488. The monoisotopic (exact) mass is 345 g/mol. The first-order valence-corrected chi connectivity index (χ1v) is 7.75. The van der Waals surface area contributed by atoms with Crippen LogP contribution in [0.25, 0.3) is 0 Å². The van der Waals surface area contributed by atoms with Crippen LogP contribution in [0.5, 0.6) is 0 Å². The number of nitrogens with one attached hydrogen (secondary N) is 1. The number of benzene rings is 2. The Labute approximate surface area is 144 Å². The summed E-state index contributed by atoms with van der Waals surface area (Å²) < 4.78 is 0. The fourth-order valence-electron chi connectivity index (χ4n) is 2.09. The highest BCUT2D eigenvalue weighted by atomic mass is 35.5. The van der Waals surface area contributed by atoms with E-state index in [1.54, 1.807) is 0 Å². The number of hydrogen-bond acceptors (Lipinski definition) is 4. The number of halogens is 1. The Balaban J connectivity index is 2.01. The first kappa shape index (κ1) is 17.6. The lowest BCUT2D eigenvalue weighted by atomic mass is 10.1. The second-order valence-electron chi connectivity index (χ2n) is 5.11. The Morgan fingerprint density at radius 1 is 1.29 bits per heavy atom. The summed E-state index contributed by atoms with van der Waals surface area (Å²) in [6, 6.07) is 11.5. The molecule has 0 atom stereocenters. The molecule has 7 heteroatoms. The summed E-state index contributed by atoms with van der Waals surface area (Å²) in [4.78, 5) is 22.1. The van der Waals surface area contributed by atoms with Crippen molar-refractivity contribution >= 4 is 29.4 Å². The molecular weight excluding hydrogens is 330 g/mol. The van der Waals surface area contributed by atoms with E-state index in [4.69, 9.17) is 11.6 Å². The number of nitro groups is 1. The van der Waals surface area contributed by atoms with E-state index in [1.165, 1.54) is 23.9 Å². The summed E-state index contributed by atoms with van der Waals surface area (Å²) in [5.74, 6) is -0.534. The molecule has 0 radical (unpaired) electrons. The number of amides is 1.